The summed E-state index contributed by atoms with van der Waals surface area (Å²) in [5.41, 5.74) is 3.68. The number of hydrogen-bond acceptors (Lipinski definition) is 4. The van der Waals surface area contributed by atoms with Gasteiger partial charge in [-0.15, -0.1) is 0 Å². The van der Waals surface area contributed by atoms with Crippen LogP contribution in [0.3, 0.4) is 0 Å². The third-order valence-corrected chi connectivity index (χ3v) is 4.36. The largest absolute Gasteiger partial charge is 0.289 e. The van der Waals surface area contributed by atoms with Crippen LogP contribution in [0.5, 0.6) is 0 Å². The number of ketones is 2. The maximum Gasteiger partial charge on any atom is 0.185 e. The molecule has 3 aromatic rings. The lowest BCUT2D eigenvalue weighted by molar-refractivity contribution is 0.103. The van der Waals surface area contributed by atoms with E-state index in [4.69, 9.17) is 10.5 Å². The predicted molar refractivity (Wildman–Crippen MR) is 115 cm³/mol. The summed E-state index contributed by atoms with van der Waals surface area (Å²) in [5, 5.41) is 17.6. The minimum absolute atomic E-state index is 0.156. The van der Waals surface area contributed by atoms with E-state index in [0.717, 1.165) is 11.1 Å². The molecule has 30 heavy (non-hydrogen) atoms. The van der Waals surface area contributed by atoms with Gasteiger partial charge in [0.25, 0.3) is 0 Å². The second-order valence-electron chi connectivity index (χ2n) is 6.44. The first-order valence-corrected chi connectivity index (χ1v) is 9.14. The Bertz CT molecular complexity index is 1130. The summed E-state index contributed by atoms with van der Waals surface area (Å²) in [5.74, 6) is -0.312. The summed E-state index contributed by atoms with van der Waals surface area (Å²) in [7, 11) is 0. The molecule has 0 bridgehead atoms. The van der Waals surface area contributed by atoms with Gasteiger partial charge in [0.2, 0.25) is 0 Å². The lowest BCUT2D eigenvalue weighted by atomic mass is 10.0. The van der Waals surface area contributed by atoms with Crippen molar-refractivity contribution >= 4 is 23.7 Å². The molecule has 0 aliphatic rings. The van der Waals surface area contributed by atoms with Gasteiger partial charge in [0.1, 0.15) is 0 Å². The fourth-order valence-electron chi connectivity index (χ4n) is 2.72. The normalized spacial score (nSPS) is 10.6. The zero-order valence-corrected chi connectivity index (χ0v) is 15.9. The molecule has 0 unspecified atom stereocenters. The van der Waals surface area contributed by atoms with Gasteiger partial charge in [-0.1, -0.05) is 30.4 Å². The zero-order chi connectivity index (χ0) is 21.3. The minimum Gasteiger partial charge on any atom is -0.289 e. The Morgan fingerprint density at radius 2 is 1.03 bits per heavy atom. The predicted octanol–water partition coefficient (Wildman–Crippen LogP) is 5.22. The zero-order valence-electron chi connectivity index (χ0n) is 15.9. The maximum atomic E-state index is 12.3. The topological polar surface area (TPSA) is 81.7 Å². The number of allylic oxidation sites excluding steroid dienone is 2. The van der Waals surface area contributed by atoms with Crippen molar-refractivity contribution in [2.45, 2.75) is 0 Å². The van der Waals surface area contributed by atoms with E-state index in [2.05, 4.69) is 0 Å². The summed E-state index contributed by atoms with van der Waals surface area (Å²) in [6.45, 7) is 0. The summed E-state index contributed by atoms with van der Waals surface area (Å²) >= 11 is 0. The summed E-state index contributed by atoms with van der Waals surface area (Å²) in [6.07, 6.45) is 6.37. The van der Waals surface area contributed by atoms with Gasteiger partial charge in [-0.3, -0.25) is 9.59 Å². The van der Waals surface area contributed by atoms with Crippen molar-refractivity contribution in [1.29, 1.82) is 10.5 Å². The Kier molecular flexibility index (Phi) is 6.46. The van der Waals surface area contributed by atoms with Crippen molar-refractivity contribution in [3.8, 4) is 12.1 Å². The molecule has 0 spiro atoms. The van der Waals surface area contributed by atoms with Crippen LogP contribution in [0.2, 0.25) is 0 Å². The van der Waals surface area contributed by atoms with Crippen LogP contribution in [0.1, 0.15) is 43.0 Å². The third kappa shape index (κ3) is 5.25. The quantitative estimate of drug-likeness (QED) is 0.428. The molecule has 0 heterocycles. The van der Waals surface area contributed by atoms with Crippen LogP contribution in [0.25, 0.3) is 12.2 Å². The lowest BCUT2D eigenvalue weighted by Crippen LogP contribution is -1.94. The second kappa shape index (κ2) is 9.59. The molecule has 4 heteroatoms. The first-order chi connectivity index (χ1) is 14.6. The third-order valence-electron chi connectivity index (χ3n) is 4.36. The highest BCUT2D eigenvalue weighted by molar-refractivity contribution is 6.07. The SMILES string of the molecule is N#Cc1ccc(C(=O)C=Cc2cccc(C=CC(=O)c3ccc(C#N)cc3)c2)cc1. The Hall–Kier alpha value is -4.54. The molecule has 0 saturated heterocycles. The van der Waals surface area contributed by atoms with E-state index in [0.29, 0.717) is 22.3 Å². The van der Waals surface area contributed by atoms with Gasteiger partial charge in [-0.25, -0.2) is 0 Å². The Balaban J connectivity index is 1.69. The maximum absolute atomic E-state index is 12.3. The minimum atomic E-state index is -0.156. The molecule has 3 rings (SSSR count). The molecule has 0 aromatic heterocycles. The molecule has 0 saturated carbocycles. The Labute approximate surface area is 174 Å². The molecule has 3 aromatic carbocycles. The summed E-state index contributed by atoms with van der Waals surface area (Å²) < 4.78 is 0. The number of carbonyl (C=O) groups excluding carboxylic acids is 2. The smallest absolute Gasteiger partial charge is 0.185 e. The van der Waals surface area contributed by atoms with E-state index in [1.54, 1.807) is 60.7 Å². The lowest BCUT2D eigenvalue weighted by Gasteiger charge is -1.99. The van der Waals surface area contributed by atoms with Gasteiger partial charge in [0.05, 0.1) is 23.3 Å². The van der Waals surface area contributed by atoms with Crippen LogP contribution >= 0.6 is 0 Å². The summed E-state index contributed by atoms with van der Waals surface area (Å²) in [4.78, 5) is 24.5. The highest BCUT2D eigenvalue weighted by Crippen LogP contribution is 2.12. The van der Waals surface area contributed by atoms with Crippen molar-refractivity contribution in [3.63, 3.8) is 0 Å². The Morgan fingerprint density at radius 3 is 1.40 bits per heavy atom. The number of rotatable bonds is 6. The monoisotopic (exact) mass is 388 g/mol. The van der Waals surface area contributed by atoms with E-state index >= 15 is 0 Å². The molecule has 0 amide bonds. The van der Waals surface area contributed by atoms with Crippen LogP contribution in [0, 0.1) is 22.7 Å². The van der Waals surface area contributed by atoms with Crippen LogP contribution in [0.15, 0.2) is 84.9 Å². The number of benzene rings is 3. The van der Waals surface area contributed by atoms with Gasteiger partial charge >= 0.3 is 0 Å². The van der Waals surface area contributed by atoms with E-state index in [1.807, 2.05) is 36.4 Å². The van der Waals surface area contributed by atoms with Gasteiger partial charge in [-0.2, -0.15) is 10.5 Å². The van der Waals surface area contributed by atoms with Gasteiger partial charge < -0.3 is 0 Å². The standard InChI is InChI=1S/C26H16N2O2/c27-17-21-4-10-23(11-5-21)25(29)14-8-19-2-1-3-20(16-19)9-15-26(30)24-12-6-22(18-28)7-13-24/h1-16H. The Morgan fingerprint density at radius 1 is 0.633 bits per heavy atom. The molecule has 142 valence electrons. The summed E-state index contributed by atoms with van der Waals surface area (Å²) in [6, 6.07) is 24.4. The van der Waals surface area contributed by atoms with Gasteiger partial charge in [0, 0.05) is 11.1 Å². The molecule has 0 aliphatic carbocycles. The number of carbonyl (C=O) groups is 2. The number of nitriles is 2. The van der Waals surface area contributed by atoms with Crippen LogP contribution in [0.4, 0.5) is 0 Å². The average molecular weight is 388 g/mol. The van der Waals surface area contributed by atoms with Crippen LogP contribution in [-0.4, -0.2) is 11.6 Å². The number of hydrogen-bond donors (Lipinski definition) is 0. The molecule has 0 radical (unpaired) electrons. The van der Waals surface area contributed by atoms with E-state index < -0.39 is 0 Å². The molecule has 0 atom stereocenters. The van der Waals surface area contributed by atoms with Gasteiger partial charge in [0.15, 0.2) is 11.6 Å². The van der Waals surface area contributed by atoms with Crippen LogP contribution in [-0.2, 0) is 0 Å². The fraction of sp³-hybridized carbons (Fsp3) is 0. The molecule has 0 fully saturated rings. The van der Waals surface area contributed by atoms with E-state index in [1.165, 1.54) is 12.2 Å². The second-order valence-corrected chi connectivity index (χ2v) is 6.44. The highest BCUT2D eigenvalue weighted by atomic mass is 16.1. The average Bonchev–Trinajstić information content (AvgIpc) is 2.81. The van der Waals surface area contributed by atoms with Crippen molar-refractivity contribution < 1.29 is 9.59 Å². The van der Waals surface area contributed by atoms with Gasteiger partial charge in [-0.05, 0) is 77.9 Å². The fourth-order valence-corrected chi connectivity index (χ4v) is 2.72. The van der Waals surface area contributed by atoms with E-state index in [-0.39, 0.29) is 11.6 Å². The molecule has 4 nitrogen and oxygen atoms in total. The molecular weight excluding hydrogens is 372 g/mol. The number of nitrogens with zero attached hydrogens (tertiary/aromatic N) is 2. The van der Waals surface area contributed by atoms with Crippen molar-refractivity contribution in [1.82, 2.24) is 0 Å². The highest BCUT2D eigenvalue weighted by Gasteiger charge is 2.03. The molecular formula is C26H16N2O2. The molecule has 0 N–H and O–H groups in total. The van der Waals surface area contributed by atoms with Crippen LogP contribution < -0.4 is 0 Å². The first kappa shape index (κ1) is 20.2. The van der Waals surface area contributed by atoms with E-state index in [9.17, 15) is 9.59 Å². The molecule has 0 aliphatic heterocycles. The van der Waals surface area contributed by atoms with Crippen molar-refractivity contribution in [2.24, 2.45) is 0 Å². The first-order valence-electron chi connectivity index (χ1n) is 9.14. The van der Waals surface area contributed by atoms with Crippen molar-refractivity contribution in [2.75, 3.05) is 0 Å². The van der Waals surface area contributed by atoms with Crippen molar-refractivity contribution in [3.05, 3.63) is 118 Å².